The predicted octanol–water partition coefficient (Wildman–Crippen LogP) is 1.21. The molecule has 0 bridgehead atoms. The number of amides is 1. The summed E-state index contributed by atoms with van der Waals surface area (Å²) in [5.74, 6) is -0.278. The van der Waals surface area contributed by atoms with Crippen LogP contribution in [-0.2, 0) is 13.8 Å². The van der Waals surface area contributed by atoms with Crippen molar-refractivity contribution in [1.82, 2.24) is 5.16 Å². The van der Waals surface area contributed by atoms with Gasteiger partial charge < -0.3 is 4.52 Å². The topological polar surface area (TPSA) is 80.5 Å². The van der Waals surface area contributed by atoms with Crippen molar-refractivity contribution >= 4 is 31.5 Å². The molecule has 0 aliphatic carbocycles. The Labute approximate surface area is 109 Å². The zero-order valence-electron chi connectivity index (χ0n) is 10.0. The number of halogens is 1. The quantitative estimate of drug-likeness (QED) is 0.782. The molecule has 1 aliphatic rings. The average Bonchev–Trinajstić information content (AvgIpc) is 2.70. The van der Waals surface area contributed by atoms with Crippen LogP contribution in [0.2, 0.25) is 0 Å². The van der Waals surface area contributed by atoms with Crippen LogP contribution in [0.15, 0.2) is 4.52 Å². The van der Waals surface area contributed by atoms with E-state index in [4.69, 9.17) is 15.2 Å². The molecule has 0 N–H and O–H groups in total. The molecule has 1 aliphatic heterocycles. The number of carbonyl (C=O) groups is 1. The third kappa shape index (κ3) is 2.67. The zero-order chi connectivity index (χ0) is 13.5. The molecule has 100 valence electrons. The lowest BCUT2D eigenvalue weighted by Crippen LogP contribution is -2.25. The van der Waals surface area contributed by atoms with Crippen LogP contribution in [0.3, 0.4) is 0 Å². The fraction of sp³-hybridized carbons (Fsp3) is 0.600. The van der Waals surface area contributed by atoms with Crippen molar-refractivity contribution in [3.8, 4) is 0 Å². The highest BCUT2D eigenvalue weighted by molar-refractivity contribution is 8.13. The molecule has 1 unspecified atom stereocenters. The van der Waals surface area contributed by atoms with Gasteiger partial charge >= 0.3 is 0 Å². The lowest BCUT2D eigenvalue weighted by atomic mass is 10.1. The summed E-state index contributed by atoms with van der Waals surface area (Å²) >= 11 is 0. The second kappa shape index (κ2) is 4.55. The van der Waals surface area contributed by atoms with Crippen LogP contribution in [0.5, 0.6) is 0 Å². The SMILES string of the molecule is Cc1noc(N2CC(CS(=O)(=O)Cl)CC2=O)c1C. The number of rotatable bonds is 3. The van der Waals surface area contributed by atoms with Crippen molar-refractivity contribution in [2.24, 2.45) is 5.92 Å². The van der Waals surface area contributed by atoms with E-state index in [1.54, 1.807) is 13.8 Å². The summed E-state index contributed by atoms with van der Waals surface area (Å²) in [6, 6.07) is 0. The van der Waals surface area contributed by atoms with Crippen molar-refractivity contribution in [2.75, 3.05) is 17.2 Å². The maximum Gasteiger partial charge on any atom is 0.237 e. The van der Waals surface area contributed by atoms with E-state index in [-0.39, 0.29) is 24.0 Å². The minimum absolute atomic E-state index is 0.158. The molecule has 1 fully saturated rings. The number of hydrogen-bond acceptors (Lipinski definition) is 5. The number of nitrogens with zero attached hydrogens (tertiary/aromatic N) is 2. The maximum absolute atomic E-state index is 11.8. The molecule has 1 aromatic rings. The number of anilines is 1. The summed E-state index contributed by atoms with van der Waals surface area (Å²) < 4.78 is 27.1. The van der Waals surface area contributed by atoms with Crippen LogP contribution in [-0.4, -0.2) is 31.8 Å². The van der Waals surface area contributed by atoms with Gasteiger partial charge in [-0.3, -0.25) is 9.69 Å². The first kappa shape index (κ1) is 13.4. The Balaban J connectivity index is 2.18. The van der Waals surface area contributed by atoms with E-state index in [1.165, 1.54) is 4.90 Å². The van der Waals surface area contributed by atoms with Gasteiger partial charge in [0.1, 0.15) is 0 Å². The summed E-state index contributed by atoms with van der Waals surface area (Å²) in [5.41, 5.74) is 1.50. The standard InChI is InChI=1S/C10H13ClN2O4S/c1-6-7(2)12-17-10(6)13-4-8(3-9(13)14)5-18(11,15)16/h8H,3-5H2,1-2H3. The van der Waals surface area contributed by atoms with Gasteiger partial charge in [-0.25, -0.2) is 8.42 Å². The van der Waals surface area contributed by atoms with E-state index in [0.29, 0.717) is 18.1 Å². The van der Waals surface area contributed by atoms with Gasteiger partial charge in [-0.15, -0.1) is 0 Å². The summed E-state index contributed by atoms with van der Waals surface area (Å²) in [6.07, 6.45) is 0.158. The molecule has 1 aromatic heterocycles. The lowest BCUT2D eigenvalue weighted by molar-refractivity contribution is -0.117. The molecule has 1 amide bonds. The van der Waals surface area contributed by atoms with Crippen molar-refractivity contribution in [2.45, 2.75) is 20.3 Å². The Kier molecular flexibility index (Phi) is 3.37. The first-order valence-electron chi connectivity index (χ1n) is 5.43. The normalized spacial score (nSPS) is 20.7. The Hall–Kier alpha value is -1.08. The van der Waals surface area contributed by atoms with Crippen LogP contribution in [0.25, 0.3) is 0 Å². The lowest BCUT2D eigenvalue weighted by Gasteiger charge is -2.12. The van der Waals surface area contributed by atoms with Crippen LogP contribution in [0.1, 0.15) is 17.7 Å². The number of hydrogen-bond donors (Lipinski definition) is 0. The molecule has 18 heavy (non-hydrogen) atoms. The maximum atomic E-state index is 11.8. The summed E-state index contributed by atoms with van der Waals surface area (Å²) in [6.45, 7) is 3.88. The van der Waals surface area contributed by atoms with Gasteiger partial charge in [0.05, 0.1) is 11.4 Å². The number of carbonyl (C=O) groups excluding carboxylic acids is 1. The highest BCUT2D eigenvalue weighted by Crippen LogP contribution is 2.30. The fourth-order valence-electron chi connectivity index (χ4n) is 2.03. The van der Waals surface area contributed by atoms with Crippen LogP contribution in [0.4, 0.5) is 5.88 Å². The smallest absolute Gasteiger partial charge is 0.237 e. The largest absolute Gasteiger partial charge is 0.338 e. The van der Waals surface area contributed by atoms with Crippen molar-refractivity contribution in [3.63, 3.8) is 0 Å². The molecule has 1 saturated heterocycles. The monoisotopic (exact) mass is 292 g/mol. The van der Waals surface area contributed by atoms with Crippen molar-refractivity contribution < 1.29 is 17.7 Å². The van der Waals surface area contributed by atoms with Crippen molar-refractivity contribution in [1.29, 1.82) is 0 Å². The Morgan fingerprint density at radius 1 is 1.50 bits per heavy atom. The van der Waals surface area contributed by atoms with Gasteiger partial charge in [0.15, 0.2) is 0 Å². The summed E-state index contributed by atoms with van der Waals surface area (Å²) in [7, 11) is 1.60. The minimum atomic E-state index is -3.59. The van der Waals surface area contributed by atoms with Gasteiger partial charge in [-0.1, -0.05) is 5.16 Å². The van der Waals surface area contributed by atoms with Gasteiger partial charge in [0.2, 0.25) is 20.8 Å². The summed E-state index contributed by atoms with van der Waals surface area (Å²) in [5, 5.41) is 3.78. The van der Waals surface area contributed by atoms with E-state index in [2.05, 4.69) is 5.16 Å². The molecule has 2 rings (SSSR count). The number of aryl methyl sites for hydroxylation is 1. The molecule has 2 heterocycles. The number of aromatic nitrogens is 1. The molecule has 1 atom stereocenters. The molecular weight excluding hydrogens is 280 g/mol. The van der Waals surface area contributed by atoms with Crippen LogP contribution < -0.4 is 4.90 Å². The summed E-state index contributed by atoms with van der Waals surface area (Å²) in [4.78, 5) is 13.3. The van der Waals surface area contributed by atoms with Gasteiger partial charge in [-0.05, 0) is 13.8 Å². The predicted molar refractivity (Wildman–Crippen MR) is 66.1 cm³/mol. The molecule has 0 spiro atoms. The Morgan fingerprint density at radius 3 is 2.67 bits per heavy atom. The second-order valence-electron chi connectivity index (χ2n) is 4.48. The molecule has 0 radical (unpaired) electrons. The van der Waals surface area contributed by atoms with Crippen LogP contribution in [0, 0.1) is 19.8 Å². The van der Waals surface area contributed by atoms with Gasteiger partial charge in [0, 0.05) is 35.1 Å². The molecular formula is C10H13ClN2O4S. The molecule has 8 heteroatoms. The average molecular weight is 293 g/mol. The van der Waals surface area contributed by atoms with Crippen LogP contribution >= 0.6 is 10.7 Å². The highest BCUT2D eigenvalue weighted by Gasteiger charge is 2.35. The van der Waals surface area contributed by atoms with E-state index < -0.39 is 9.05 Å². The van der Waals surface area contributed by atoms with Gasteiger partial charge in [0.25, 0.3) is 0 Å². The first-order chi connectivity index (χ1) is 8.28. The van der Waals surface area contributed by atoms with Crippen molar-refractivity contribution in [3.05, 3.63) is 11.3 Å². The third-order valence-corrected chi connectivity index (χ3v) is 4.27. The van der Waals surface area contributed by atoms with Gasteiger partial charge in [-0.2, -0.15) is 0 Å². The van der Waals surface area contributed by atoms with E-state index in [1.807, 2.05) is 0 Å². The highest BCUT2D eigenvalue weighted by atomic mass is 35.7. The zero-order valence-corrected chi connectivity index (χ0v) is 11.6. The Morgan fingerprint density at radius 2 is 2.17 bits per heavy atom. The first-order valence-corrected chi connectivity index (χ1v) is 7.91. The van der Waals surface area contributed by atoms with E-state index in [0.717, 1.165) is 5.56 Å². The minimum Gasteiger partial charge on any atom is -0.338 e. The molecule has 0 saturated carbocycles. The second-order valence-corrected chi connectivity index (χ2v) is 7.30. The molecule has 6 nitrogen and oxygen atoms in total. The fourth-order valence-corrected chi connectivity index (χ4v) is 3.35. The molecule has 0 aromatic carbocycles. The Bertz CT molecular complexity index is 581. The van der Waals surface area contributed by atoms with E-state index >= 15 is 0 Å². The van der Waals surface area contributed by atoms with E-state index in [9.17, 15) is 13.2 Å². The third-order valence-electron chi connectivity index (χ3n) is 3.02.